The van der Waals surface area contributed by atoms with E-state index in [1.807, 2.05) is 7.05 Å². The molecule has 0 bridgehead atoms. The highest BCUT2D eigenvalue weighted by atomic mass is 32.1. The van der Waals surface area contributed by atoms with Crippen molar-refractivity contribution in [1.82, 2.24) is 14.9 Å². The fourth-order valence-electron chi connectivity index (χ4n) is 1.88. The molecule has 2 heterocycles. The summed E-state index contributed by atoms with van der Waals surface area (Å²) < 4.78 is 4.06. The highest BCUT2D eigenvalue weighted by Crippen LogP contribution is 2.25. The molecule has 0 saturated carbocycles. The Hall–Kier alpha value is -0.780. The predicted octanol–water partition coefficient (Wildman–Crippen LogP) is 3.06. The molecule has 0 spiro atoms. The molecular formula is C12H17N3S2. The van der Waals surface area contributed by atoms with Crippen molar-refractivity contribution >= 4 is 22.9 Å². The SMILES string of the molecule is CCc1nnsc1C(CCc1ccsc1)NC. The van der Waals surface area contributed by atoms with Crippen LogP contribution in [0.25, 0.3) is 0 Å². The van der Waals surface area contributed by atoms with Gasteiger partial charge in [-0.3, -0.25) is 0 Å². The van der Waals surface area contributed by atoms with Crippen molar-refractivity contribution in [2.75, 3.05) is 7.05 Å². The number of aromatic nitrogens is 2. The van der Waals surface area contributed by atoms with Crippen molar-refractivity contribution in [2.45, 2.75) is 32.2 Å². The average Bonchev–Trinajstić information content (AvgIpc) is 3.00. The van der Waals surface area contributed by atoms with E-state index in [4.69, 9.17) is 0 Å². The zero-order chi connectivity index (χ0) is 12.1. The Bertz CT molecular complexity index is 436. The number of aryl methyl sites for hydroxylation is 2. The van der Waals surface area contributed by atoms with Crippen LogP contribution in [-0.2, 0) is 12.8 Å². The molecule has 0 aromatic carbocycles. The second-order valence-corrected chi connectivity index (χ2v) is 5.51. The predicted molar refractivity (Wildman–Crippen MR) is 73.7 cm³/mol. The van der Waals surface area contributed by atoms with Gasteiger partial charge in [-0.25, -0.2) is 0 Å². The minimum Gasteiger partial charge on any atom is -0.312 e. The minimum absolute atomic E-state index is 0.379. The third kappa shape index (κ3) is 3.12. The maximum Gasteiger partial charge on any atom is 0.0800 e. The Morgan fingerprint density at radius 3 is 3.00 bits per heavy atom. The van der Waals surface area contributed by atoms with Crippen molar-refractivity contribution in [2.24, 2.45) is 0 Å². The fraction of sp³-hybridized carbons (Fsp3) is 0.500. The van der Waals surface area contributed by atoms with Crippen molar-refractivity contribution in [3.05, 3.63) is 33.0 Å². The van der Waals surface area contributed by atoms with E-state index in [1.165, 1.54) is 22.0 Å². The molecule has 1 unspecified atom stereocenters. The second kappa shape index (κ2) is 6.23. The lowest BCUT2D eigenvalue weighted by Gasteiger charge is -2.14. The first-order chi connectivity index (χ1) is 8.35. The summed E-state index contributed by atoms with van der Waals surface area (Å²) in [5.41, 5.74) is 2.56. The molecule has 0 saturated heterocycles. The Labute approximate surface area is 110 Å². The summed E-state index contributed by atoms with van der Waals surface area (Å²) in [5.74, 6) is 0. The molecule has 0 radical (unpaired) electrons. The molecule has 3 nitrogen and oxygen atoms in total. The third-order valence-corrected chi connectivity index (χ3v) is 4.50. The molecule has 2 aromatic heterocycles. The number of rotatable bonds is 6. The molecule has 1 atom stereocenters. The van der Waals surface area contributed by atoms with Crippen LogP contribution in [0.3, 0.4) is 0 Å². The largest absolute Gasteiger partial charge is 0.312 e. The van der Waals surface area contributed by atoms with Gasteiger partial charge in [0.05, 0.1) is 10.6 Å². The molecule has 2 rings (SSSR count). The Kier molecular flexibility index (Phi) is 4.65. The lowest BCUT2D eigenvalue weighted by molar-refractivity contribution is 0.553. The molecule has 17 heavy (non-hydrogen) atoms. The average molecular weight is 267 g/mol. The Morgan fingerprint density at radius 1 is 1.47 bits per heavy atom. The van der Waals surface area contributed by atoms with E-state index in [1.54, 1.807) is 11.3 Å². The number of nitrogens with zero attached hydrogens (tertiary/aromatic N) is 2. The van der Waals surface area contributed by atoms with Gasteiger partial charge in [0.25, 0.3) is 0 Å². The highest BCUT2D eigenvalue weighted by Gasteiger charge is 2.16. The van der Waals surface area contributed by atoms with Crippen molar-refractivity contribution in [1.29, 1.82) is 0 Å². The molecule has 0 amide bonds. The molecular weight excluding hydrogens is 250 g/mol. The van der Waals surface area contributed by atoms with E-state index in [0.29, 0.717) is 6.04 Å². The third-order valence-electron chi connectivity index (χ3n) is 2.89. The molecule has 0 aliphatic carbocycles. The zero-order valence-electron chi connectivity index (χ0n) is 10.1. The van der Waals surface area contributed by atoms with Gasteiger partial charge >= 0.3 is 0 Å². The maximum absolute atomic E-state index is 4.18. The standard InChI is InChI=1S/C12H17N3S2/c1-3-10-12(17-15-14-10)11(13-2)5-4-9-6-7-16-8-9/h6-8,11,13H,3-5H2,1-2H3. The summed E-state index contributed by atoms with van der Waals surface area (Å²) in [6, 6.07) is 2.58. The normalized spacial score (nSPS) is 12.8. The number of hydrogen-bond acceptors (Lipinski definition) is 5. The van der Waals surface area contributed by atoms with Crippen LogP contribution in [0.4, 0.5) is 0 Å². The van der Waals surface area contributed by atoms with Gasteiger partial charge in [0.2, 0.25) is 0 Å². The highest BCUT2D eigenvalue weighted by molar-refractivity contribution is 7.08. The van der Waals surface area contributed by atoms with E-state index >= 15 is 0 Å². The van der Waals surface area contributed by atoms with Gasteiger partial charge in [0.15, 0.2) is 0 Å². The Morgan fingerprint density at radius 2 is 2.35 bits per heavy atom. The quantitative estimate of drug-likeness (QED) is 0.874. The number of thiophene rings is 1. The maximum atomic E-state index is 4.18. The zero-order valence-corrected chi connectivity index (χ0v) is 11.8. The van der Waals surface area contributed by atoms with Crippen LogP contribution in [-0.4, -0.2) is 16.6 Å². The summed E-state index contributed by atoms with van der Waals surface area (Å²) in [4.78, 5) is 1.30. The topological polar surface area (TPSA) is 37.8 Å². The lowest BCUT2D eigenvalue weighted by Crippen LogP contribution is -2.17. The minimum atomic E-state index is 0.379. The van der Waals surface area contributed by atoms with Crippen molar-refractivity contribution in [3.8, 4) is 0 Å². The molecule has 5 heteroatoms. The molecule has 0 fully saturated rings. The van der Waals surface area contributed by atoms with Crippen LogP contribution in [0.5, 0.6) is 0 Å². The molecule has 92 valence electrons. The first-order valence-corrected chi connectivity index (χ1v) is 7.56. The second-order valence-electron chi connectivity index (χ2n) is 3.95. The molecule has 1 N–H and O–H groups in total. The van der Waals surface area contributed by atoms with Crippen LogP contribution < -0.4 is 5.32 Å². The number of nitrogens with one attached hydrogen (secondary N) is 1. The van der Waals surface area contributed by atoms with E-state index in [-0.39, 0.29) is 0 Å². The van der Waals surface area contributed by atoms with Gasteiger partial charge in [0, 0.05) is 6.04 Å². The van der Waals surface area contributed by atoms with Gasteiger partial charge in [-0.05, 0) is 60.2 Å². The van der Waals surface area contributed by atoms with E-state index in [2.05, 4.69) is 38.7 Å². The van der Waals surface area contributed by atoms with Gasteiger partial charge in [-0.15, -0.1) is 5.10 Å². The molecule has 0 aliphatic heterocycles. The summed E-state index contributed by atoms with van der Waals surface area (Å²) in [7, 11) is 2.01. The van der Waals surface area contributed by atoms with Gasteiger partial charge in [-0.1, -0.05) is 11.4 Å². The first kappa shape index (κ1) is 12.7. The van der Waals surface area contributed by atoms with E-state index in [0.717, 1.165) is 25.0 Å². The smallest absolute Gasteiger partial charge is 0.0800 e. The van der Waals surface area contributed by atoms with Gasteiger partial charge < -0.3 is 5.32 Å². The lowest BCUT2D eigenvalue weighted by atomic mass is 10.0. The van der Waals surface area contributed by atoms with Crippen LogP contribution in [0.1, 0.15) is 35.5 Å². The Balaban J connectivity index is 2.01. The van der Waals surface area contributed by atoms with Gasteiger partial charge in [0.1, 0.15) is 0 Å². The fourth-order valence-corrected chi connectivity index (χ4v) is 3.46. The molecule has 0 aliphatic rings. The number of hydrogen-bond donors (Lipinski definition) is 1. The first-order valence-electron chi connectivity index (χ1n) is 5.84. The van der Waals surface area contributed by atoms with Crippen LogP contribution >= 0.6 is 22.9 Å². The summed E-state index contributed by atoms with van der Waals surface area (Å²) >= 11 is 3.28. The van der Waals surface area contributed by atoms with Crippen LogP contribution in [0.15, 0.2) is 16.8 Å². The van der Waals surface area contributed by atoms with E-state index in [9.17, 15) is 0 Å². The van der Waals surface area contributed by atoms with Crippen LogP contribution in [0.2, 0.25) is 0 Å². The van der Waals surface area contributed by atoms with Crippen LogP contribution in [0, 0.1) is 0 Å². The summed E-state index contributed by atoms with van der Waals surface area (Å²) in [6.07, 6.45) is 3.17. The van der Waals surface area contributed by atoms with E-state index < -0.39 is 0 Å². The summed E-state index contributed by atoms with van der Waals surface area (Å²) in [5, 5.41) is 11.9. The van der Waals surface area contributed by atoms with Crippen molar-refractivity contribution < 1.29 is 0 Å². The van der Waals surface area contributed by atoms with Gasteiger partial charge in [-0.2, -0.15) is 11.3 Å². The summed E-state index contributed by atoms with van der Waals surface area (Å²) in [6.45, 7) is 2.13. The monoisotopic (exact) mass is 267 g/mol. The molecule has 2 aromatic rings. The van der Waals surface area contributed by atoms with Crippen molar-refractivity contribution in [3.63, 3.8) is 0 Å².